The van der Waals surface area contributed by atoms with Crippen molar-refractivity contribution < 1.29 is 18.7 Å². The Labute approximate surface area is 169 Å². The molecule has 0 saturated heterocycles. The van der Waals surface area contributed by atoms with Crippen LogP contribution in [0.3, 0.4) is 0 Å². The van der Waals surface area contributed by atoms with Crippen molar-refractivity contribution in [3.05, 3.63) is 52.4 Å². The number of hydrogen-bond donors (Lipinski definition) is 1. The van der Waals surface area contributed by atoms with Gasteiger partial charge in [-0.25, -0.2) is 14.2 Å². The van der Waals surface area contributed by atoms with Crippen molar-refractivity contribution >= 4 is 23.5 Å². The van der Waals surface area contributed by atoms with Crippen molar-refractivity contribution in [1.82, 2.24) is 10.3 Å². The van der Waals surface area contributed by atoms with E-state index in [1.54, 1.807) is 46.8 Å². The summed E-state index contributed by atoms with van der Waals surface area (Å²) in [5.41, 5.74) is 0.390. The number of nitrogens with zero attached hydrogens (tertiary/aromatic N) is 1. The largest absolute Gasteiger partial charge is 0.444 e. The molecule has 0 aliphatic carbocycles. The number of amides is 1. The first kappa shape index (κ1) is 21.8. The molecule has 0 fully saturated rings. The summed E-state index contributed by atoms with van der Waals surface area (Å²) < 4.78 is 18.8. The third-order valence-corrected chi connectivity index (χ3v) is 4.23. The molecular formula is C21H24ClFN2O3. The molecule has 0 bridgehead atoms. The molecule has 0 aliphatic heterocycles. The number of Topliss-reactive ketones (excluding diaryl/α,β-unsaturated/α-hetero) is 1. The minimum atomic E-state index is -0.853. The molecule has 0 spiro atoms. The number of carbonyl (C=O) groups is 2. The Morgan fingerprint density at radius 1 is 1.11 bits per heavy atom. The molecule has 1 N–H and O–H groups in total. The van der Waals surface area contributed by atoms with Gasteiger partial charge in [0.15, 0.2) is 5.78 Å². The molecule has 1 aromatic carbocycles. The van der Waals surface area contributed by atoms with Crippen LogP contribution in [0.5, 0.6) is 0 Å². The molecule has 7 heteroatoms. The number of nitrogens with one attached hydrogen (secondary N) is 1. The Bertz CT molecular complexity index is 920. The van der Waals surface area contributed by atoms with Crippen molar-refractivity contribution in [3.8, 4) is 11.3 Å². The third-order valence-electron chi connectivity index (χ3n) is 3.94. The Morgan fingerprint density at radius 3 is 2.29 bits per heavy atom. The number of carbonyl (C=O) groups excluding carboxylic acids is 2. The second-order valence-electron chi connectivity index (χ2n) is 8.06. The number of hydrogen-bond acceptors (Lipinski definition) is 4. The van der Waals surface area contributed by atoms with Gasteiger partial charge in [0.25, 0.3) is 0 Å². The molecule has 1 heterocycles. The summed E-state index contributed by atoms with van der Waals surface area (Å²) >= 11 is 5.88. The van der Waals surface area contributed by atoms with Crippen LogP contribution in [0.4, 0.5) is 9.18 Å². The second kappa shape index (κ2) is 7.87. The highest BCUT2D eigenvalue weighted by molar-refractivity contribution is 6.31. The van der Waals surface area contributed by atoms with E-state index in [-0.39, 0.29) is 16.5 Å². The quantitative estimate of drug-likeness (QED) is 0.680. The monoisotopic (exact) mass is 406 g/mol. The van der Waals surface area contributed by atoms with E-state index in [2.05, 4.69) is 10.3 Å². The fraction of sp³-hybridized carbons (Fsp3) is 0.381. The first-order valence-corrected chi connectivity index (χ1v) is 9.16. The second-order valence-corrected chi connectivity index (χ2v) is 8.47. The lowest BCUT2D eigenvalue weighted by molar-refractivity contribution is 0.0470. The molecule has 0 aliphatic rings. The van der Waals surface area contributed by atoms with Gasteiger partial charge in [-0.3, -0.25) is 4.79 Å². The van der Waals surface area contributed by atoms with Gasteiger partial charge >= 0.3 is 6.09 Å². The maximum atomic E-state index is 13.5. The highest BCUT2D eigenvalue weighted by Crippen LogP contribution is 2.29. The van der Waals surface area contributed by atoms with E-state index < -0.39 is 23.1 Å². The van der Waals surface area contributed by atoms with Gasteiger partial charge in [-0.2, -0.15) is 0 Å². The van der Waals surface area contributed by atoms with Crippen LogP contribution in [0.2, 0.25) is 5.02 Å². The minimum absolute atomic E-state index is 0.0415. The normalized spacial score (nSPS) is 11.9. The lowest BCUT2D eigenvalue weighted by Crippen LogP contribution is -2.44. The van der Waals surface area contributed by atoms with Gasteiger partial charge < -0.3 is 10.1 Å². The fourth-order valence-corrected chi connectivity index (χ4v) is 2.69. The highest BCUT2D eigenvalue weighted by Gasteiger charge is 2.28. The maximum absolute atomic E-state index is 13.5. The first-order chi connectivity index (χ1) is 12.8. The molecule has 1 amide bonds. The summed E-state index contributed by atoms with van der Waals surface area (Å²) in [5, 5.41) is 2.77. The zero-order valence-electron chi connectivity index (χ0n) is 16.8. The van der Waals surface area contributed by atoms with Crippen molar-refractivity contribution in [2.45, 2.75) is 52.7 Å². The van der Waals surface area contributed by atoms with E-state index in [1.807, 2.05) is 0 Å². The first-order valence-electron chi connectivity index (χ1n) is 8.78. The number of rotatable bonds is 4. The SMILES string of the molecule is CC(=O)c1cc(C(C)(C)NC(=O)OC(C)(C)C)cc(-c2ccc(F)c(Cl)c2)n1. The van der Waals surface area contributed by atoms with Gasteiger partial charge in [-0.1, -0.05) is 11.6 Å². The molecule has 0 unspecified atom stereocenters. The van der Waals surface area contributed by atoms with Crippen LogP contribution in [0.1, 0.15) is 57.6 Å². The van der Waals surface area contributed by atoms with Crippen LogP contribution < -0.4 is 5.32 Å². The van der Waals surface area contributed by atoms with Crippen molar-refractivity contribution in [2.75, 3.05) is 0 Å². The van der Waals surface area contributed by atoms with Gasteiger partial charge in [0.1, 0.15) is 17.1 Å². The lowest BCUT2D eigenvalue weighted by atomic mass is 9.92. The molecular weight excluding hydrogens is 383 g/mol. The zero-order valence-corrected chi connectivity index (χ0v) is 17.6. The number of pyridine rings is 1. The number of alkyl carbamates (subject to hydrolysis) is 1. The molecule has 1 aromatic heterocycles. The van der Waals surface area contributed by atoms with E-state index >= 15 is 0 Å². The number of ketones is 1. The molecule has 0 saturated carbocycles. The van der Waals surface area contributed by atoms with Crippen LogP contribution in [-0.4, -0.2) is 22.5 Å². The lowest BCUT2D eigenvalue weighted by Gasteiger charge is -2.29. The Balaban J connectivity index is 2.48. The average Bonchev–Trinajstić information content (AvgIpc) is 2.54. The standard InChI is InChI=1S/C21H24ClFN2O3/c1-12(26)17-10-14(21(5,6)25-19(27)28-20(2,3)4)11-18(24-17)13-7-8-16(23)15(22)9-13/h7-11H,1-6H3,(H,25,27). The number of ether oxygens (including phenoxy) is 1. The van der Waals surface area contributed by atoms with E-state index in [0.29, 0.717) is 16.8 Å². The van der Waals surface area contributed by atoms with Crippen LogP contribution in [-0.2, 0) is 10.3 Å². The summed E-state index contributed by atoms with van der Waals surface area (Å²) in [6.45, 7) is 10.3. The van der Waals surface area contributed by atoms with Crippen molar-refractivity contribution in [2.24, 2.45) is 0 Å². The van der Waals surface area contributed by atoms with E-state index in [9.17, 15) is 14.0 Å². The number of aromatic nitrogens is 1. The van der Waals surface area contributed by atoms with Gasteiger partial charge in [0.05, 0.1) is 16.3 Å². The van der Waals surface area contributed by atoms with Gasteiger partial charge in [0, 0.05) is 12.5 Å². The average molecular weight is 407 g/mol. The van der Waals surface area contributed by atoms with Crippen LogP contribution in [0.15, 0.2) is 30.3 Å². The molecule has 150 valence electrons. The summed E-state index contributed by atoms with van der Waals surface area (Å²) in [6.07, 6.45) is -0.579. The molecule has 28 heavy (non-hydrogen) atoms. The Kier molecular flexibility index (Phi) is 6.14. The van der Waals surface area contributed by atoms with E-state index in [1.165, 1.54) is 25.1 Å². The Morgan fingerprint density at radius 2 is 1.75 bits per heavy atom. The summed E-state index contributed by atoms with van der Waals surface area (Å²) in [6, 6.07) is 7.57. The molecule has 0 atom stereocenters. The number of halogens is 2. The smallest absolute Gasteiger partial charge is 0.408 e. The van der Waals surface area contributed by atoms with Gasteiger partial charge in [-0.05, 0) is 70.5 Å². The summed E-state index contributed by atoms with van der Waals surface area (Å²) in [7, 11) is 0. The molecule has 2 rings (SSSR count). The van der Waals surface area contributed by atoms with Crippen LogP contribution in [0.25, 0.3) is 11.3 Å². The number of benzene rings is 1. The minimum Gasteiger partial charge on any atom is -0.444 e. The topological polar surface area (TPSA) is 68.3 Å². The van der Waals surface area contributed by atoms with E-state index in [4.69, 9.17) is 16.3 Å². The third kappa shape index (κ3) is 5.52. The fourth-order valence-electron chi connectivity index (χ4n) is 2.51. The van der Waals surface area contributed by atoms with Gasteiger partial charge in [-0.15, -0.1) is 0 Å². The van der Waals surface area contributed by atoms with Crippen LogP contribution >= 0.6 is 11.6 Å². The maximum Gasteiger partial charge on any atom is 0.408 e. The summed E-state index contributed by atoms with van der Waals surface area (Å²) in [5.74, 6) is -0.773. The summed E-state index contributed by atoms with van der Waals surface area (Å²) in [4.78, 5) is 28.6. The zero-order chi connectivity index (χ0) is 21.3. The van der Waals surface area contributed by atoms with Crippen LogP contribution in [0, 0.1) is 5.82 Å². The van der Waals surface area contributed by atoms with Crippen molar-refractivity contribution in [1.29, 1.82) is 0 Å². The predicted octanol–water partition coefficient (Wildman–Crippen LogP) is 5.50. The Hall–Kier alpha value is -2.47. The molecule has 2 aromatic rings. The highest BCUT2D eigenvalue weighted by atomic mass is 35.5. The molecule has 5 nitrogen and oxygen atoms in total. The predicted molar refractivity (Wildman–Crippen MR) is 107 cm³/mol. The van der Waals surface area contributed by atoms with Crippen molar-refractivity contribution in [3.63, 3.8) is 0 Å². The van der Waals surface area contributed by atoms with Gasteiger partial charge in [0.2, 0.25) is 0 Å². The molecule has 0 radical (unpaired) electrons. The van der Waals surface area contributed by atoms with E-state index in [0.717, 1.165) is 0 Å².